The molecule has 1 aliphatic heterocycles. The summed E-state index contributed by atoms with van der Waals surface area (Å²) >= 11 is 0. The first-order valence-electron chi connectivity index (χ1n) is 15.4. The standard InChI is InChI=1S/C36H41N3O6S/c1-26-22-39(27(2)25-40)36(41)21-29-20-30(37-46(42,43)33-12-8-5-9-13-33)16-19-34(29)45-35(26)24-38(3)23-28-14-17-32(18-15-28)44-31-10-6-4-7-11-31/h4-20,26-27,35,37,40H,21-25H2,1-3H3/t26-,27+,35-/m0/s1. The highest BCUT2D eigenvalue weighted by Gasteiger charge is 2.31. The third-order valence-electron chi connectivity index (χ3n) is 8.07. The van der Waals surface area contributed by atoms with Crippen molar-refractivity contribution >= 4 is 21.6 Å². The van der Waals surface area contributed by atoms with Gasteiger partial charge in [0.25, 0.3) is 10.0 Å². The molecule has 9 nitrogen and oxygen atoms in total. The van der Waals surface area contributed by atoms with Gasteiger partial charge in [-0.25, -0.2) is 8.42 Å². The number of nitrogens with one attached hydrogen (secondary N) is 1. The molecule has 46 heavy (non-hydrogen) atoms. The van der Waals surface area contributed by atoms with Crippen molar-refractivity contribution in [3.05, 3.63) is 114 Å². The second-order valence-corrected chi connectivity index (χ2v) is 13.6. The zero-order chi connectivity index (χ0) is 32.7. The van der Waals surface area contributed by atoms with E-state index in [1.807, 2.05) is 75.5 Å². The molecule has 10 heteroatoms. The lowest BCUT2D eigenvalue weighted by atomic mass is 10.0. The molecule has 0 saturated heterocycles. The van der Waals surface area contributed by atoms with Gasteiger partial charge in [0, 0.05) is 36.8 Å². The Morgan fingerprint density at radius 3 is 2.30 bits per heavy atom. The summed E-state index contributed by atoms with van der Waals surface area (Å²) in [6, 6.07) is 30.4. The highest BCUT2D eigenvalue weighted by atomic mass is 32.2. The number of aliphatic hydroxyl groups is 1. The van der Waals surface area contributed by atoms with E-state index in [9.17, 15) is 18.3 Å². The predicted octanol–water partition coefficient (Wildman–Crippen LogP) is 5.56. The summed E-state index contributed by atoms with van der Waals surface area (Å²) in [5.74, 6) is 1.85. The second-order valence-electron chi connectivity index (χ2n) is 11.9. The number of aliphatic hydroxyl groups excluding tert-OH is 1. The highest BCUT2D eigenvalue weighted by Crippen LogP contribution is 2.30. The van der Waals surface area contributed by atoms with Crippen molar-refractivity contribution in [3.63, 3.8) is 0 Å². The number of likely N-dealkylation sites (N-methyl/N-ethyl adjacent to an activating group) is 1. The van der Waals surface area contributed by atoms with Crippen molar-refractivity contribution in [2.24, 2.45) is 5.92 Å². The Balaban J connectivity index is 1.34. The molecule has 0 bridgehead atoms. The molecule has 0 aromatic heterocycles. The number of carbonyl (C=O) groups is 1. The van der Waals surface area contributed by atoms with Crippen LogP contribution in [-0.2, 0) is 27.8 Å². The number of fused-ring (bicyclic) bond motifs is 1. The maximum absolute atomic E-state index is 13.6. The average molecular weight is 644 g/mol. The van der Waals surface area contributed by atoms with Crippen LogP contribution in [0.25, 0.3) is 0 Å². The molecule has 0 fully saturated rings. The van der Waals surface area contributed by atoms with Crippen LogP contribution >= 0.6 is 0 Å². The molecule has 4 aromatic carbocycles. The zero-order valence-corrected chi connectivity index (χ0v) is 27.2. The first-order valence-corrected chi connectivity index (χ1v) is 16.9. The van der Waals surface area contributed by atoms with Crippen molar-refractivity contribution in [1.29, 1.82) is 0 Å². The molecule has 3 atom stereocenters. The van der Waals surface area contributed by atoms with Crippen LogP contribution in [0, 0.1) is 5.92 Å². The maximum atomic E-state index is 13.6. The number of nitrogens with zero attached hydrogens (tertiary/aromatic N) is 2. The number of anilines is 1. The minimum atomic E-state index is -3.82. The van der Waals surface area contributed by atoms with Crippen molar-refractivity contribution in [3.8, 4) is 17.2 Å². The van der Waals surface area contributed by atoms with Crippen LogP contribution in [0.4, 0.5) is 5.69 Å². The topological polar surface area (TPSA) is 108 Å². The third-order valence-corrected chi connectivity index (χ3v) is 9.47. The van der Waals surface area contributed by atoms with E-state index in [-0.39, 0.29) is 41.9 Å². The quantitative estimate of drug-likeness (QED) is 0.220. The first-order chi connectivity index (χ1) is 22.1. The predicted molar refractivity (Wildman–Crippen MR) is 179 cm³/mol. The van der Waals surface area contributed by atoms with Crippen LogP contribution in [0.15, 0.2) is 108 Å². The summed E-state index contributed by atoms with van der Waals surface area (Å²) in [6.07, 6.45) is -0.289. The first kappa shape index (κ1) is 33.0. The molecular weight excluding hydrogens is 602 g/mol. The summed E-state index contributed by atoms with van der Waals surface area (Å²) in [5.41, 5.74) is 2.02. The number of benzene rings is 4. The van der Waals surface area contributed by atoms with Gasteiger partial charge in [-0.1, -0.05) is 55.5 Å². The lowest BCUT2D eigenvalue weighted by Crippen LogP contribution is -2.47. The summed E-state index contributed by atoms with van der Waals surface area (Å²) < 4.78 is 41.2. The average Bonchev–Trinajstić information content (AvgIpc) is 3.09. The number of para-hydroxylation sites is 1. The van der Waals surface area contributed by atoms with Gasteiger partial charge < -0.3 is 19.5 Å². The minimum absolute atomic E-state index is 0.00720. The van der Waals surface area contributed by atoms with Gasteiger partial charge in [0.1, 0.15) is 23.4 Å². The normalized spacial score (nSPS) is 17.7. The third kappa shape index (κ3) is 8.45. The van der Waals surface area contributed by atoms with E-state index in [2.05, 4.69) is 9.62 Å². The van der Waals surface area contributed by atoms with Gasteiger partial charge in [0.15, 0.2) is 0 Å². The summed E-state index contributed by atoms with van der Waals surface area (Å²) in [6.45, 7) is 5.35. The number of rotatable bonds is 11. The number of hydrogen-bond acceptors (Lipinski definition) is 7. The minimum Gasteiger partial charge on any atom is -0.488 e. The van der Waals surface area contributed by atoms with Crippen LogP contribution in [-0.4, -0.2) is 68.1 Å². The van der Waals surface area contributed by atoms with Crippen molar-refractivity contribution in [2.75, 3.05) is 31.5 Å². The van der Waals surface area contributed by atoms with Crippen molar-refractivity contribution < 1.29 is 27.8 Å². The fraction of sp³-hybridized carbons (Fsp3) is 0.306. The Morgan fingerprint density at radius 2 is 1.63 bits per heavy atom. The van der Waals surface area contributed by atoms with Crippen molar-refractivity contribution in [1.82, 2.24) is 9.80 Å². The molecule has 5 rings (SSSR count). The number of carbonyl (C=O) groups excluding carboxylic acids is 1. The lowest BCUT2D eigenvalue weighted by Gasteiger charge is -2.34. The van der Waals surface area contributed by atoms with Gasteiger partial charge in [0.05, 0.1) is 24.0 Å². The van der Waals surface area contributed by atoms with E-state index in [1.54, 1.807) is 41.3 Å². The van der Waals surface area contributed by atoms with Crippen LogP contribution < -0.4 is 14.2 Å². The maximum Gasteiger partial charge on any atom is 0.261 e. The van der Waals surface area contributed by atoms with E-state index in [0.717, 1.165) is 17.1 Å². The molecule has 0 aliphatic carbocycles. The molecule has 0 saturated carbocycles. The molecular formula is C36H41N3O6S. The second kappa shape index (κ2) is 14.8. The SMILES string of the molecule is C[C@H](CO)N1C[C@H](C)[C@H](CN(C)Cc2ccc(Oc3ccccc3)cc2)Oc2ccc(NS(=O)(=O)c3ccccc3)cc2CC1=O. The fourth-order valence-corrected chi connectivity index (χ4v) is 6.57. The van der Waals surface area contributed by atoms with Crippen LogP contribution in [0.1, 0.15) is 25.0 Å². The van der Waals surface area contributed by atoms with Gasteiger partial charge in [-0.15, -0.1) is 0 Å². The van der Waals surface area contributed by atoms with E-state index < -0.39 is 10.0 Å². The van der Waals surface area contributed by atoms with Crippen LogP contribution in [0.5, 0.6) is 17.2 Å². The summed E-state index contributed by atoms with van der Waals surface area (Å²) in [5, 5.41) is 9.96. The summed E-state index contributed by atoms with van der Waals surface area (Å²) in [4.78, 5) is 17.6. The van der Waals surface area contributed by atoms with Crippen molar-refractivity contribution in [2.45, 2.75) is 43.9 Å². The van der Waals surface area contributed by atoms with Gasteiger partial charge in [-0.05, 0) is 74.1 Å². The van der Waals surface area contributed by atoms with E-state index in [1.165, 1.54) is 12.1 Å². The Bertz CT molecular complexity index is 1700. The number of hydrogen-bond donors (Lipinski definition) is 2. The Hall–Kier alpha value is -4.38. The Morgan fingerprint density at radius 1 is 0.978 bits per heavy atom. The molecule has 4 aromatic rings. The molecule has 0 unspecified atom stereocenters. The Kier molecular flexibility index (Phi) is 10.6. The van der Waals surface area contributed by atoms with Gasteiger partial charge in [0.2, 0.25) is 5.91 Å². The fourth-order valence-electron chi connectivity index (χ4n) is 5.50. The number of sulfonamides is 1. The number of amides is 1. The molecule has 1 aliphatic rings. The Labute approximate surface area is 271 Å². The molecule has 0 radical (unpaired) electrons. The van der Waals surface area contributed by atoms with E-state index in [4.69, 9.17) is 9.47 Å². The highest BCUT2D eigenvalue weighted by molar-refractivity contribution is 7.92. The molecule has 1 heterocycles. The molecule has 0 spiro atoms. The van der Waals surface area contributed by atoms with Crippen LogP contribution in [0.3, 0.4) is 0 Å². The summed E-state index contributed by atoms with van der Waals surface area (Å²) in [7, 11) is -1.80. The zero-order valence-electron chi connectivity index (χ0n) is 26.4. The smallest absolute Gasteiger partial charge is 0.261 e. The molecule has 1 amide bonds. The largest absolute Gasteiger partial charge is 0.488 e. The van der Waals surface area contributed by atoms with E-state index >= 15 is 0 Å². The monoisotopic (exact) mass is 643 g/mol. The molecule has 242 valence electrons. The van der Waals surface area contributed by atoms with Gasteiger partial charge >= 0.3 is 0 Å². The van der Waals surface area contributed by atoms with Gasteiger partial charge in [-0.3, -0.25) is 14.4 Å². The van der Waals surface area contributed by atoms with E-state index in [0.29, 0.717) is 36.6 Å². The lowest BCUT2D eigenvalue weighted by molar-refractivity contribution is -0.134. The van der Waals surface area contributed by atoms with Gasteiger partial charge in [-0.2, -0.15) is 0 Å². The molecule has 2 N–H and O–H groups in total. The van der Waals surface area contributed by atoms with Crippen LogP contribution in [0.2, 0.25) is 0 Å². The number of ether oxygens (including phenoxy) is 2.